The zero-order chi connectivity index (χ0) is 12.7. The molecule has 0 amide bonds. The van der Waals surface area contributed by atoms with E-state index in [2.05, 4.69) is 10.3 Å². The number of nitrogens with one attached hydrogen (secondary N) is 1. The first-order chi connectivity index (χ1) is 8.15. The second-order valence-corrected chi connectivity index (χ2v) is 3.41. The summed E-state index contributed by atoms with van der Waals surface area (Å²) in [6.45, 7) is 0.822. The van der Waals surface area contributed by atoms with Crippen molar-refractivity contribution in [2.24, 2.45) is 0 Å². The maximum absolute atomic E-state index is 10.7. The number of aliphatic hydroxyl groups is 1. The Morgan fingerprint density at radius 1 is 1.53 bits per heavy atom. The Labute approximate surface area is 103 Å². The van der Waals surface area contributed by atoms with Crippen molar-refractivity contribution in [3.05, 3.63) is 27.4 Å². The highest BCUT2D eigenvalue weighted by molar-refractivity contribution is 6.29. The van der Waals surface area contributed by atoms with E-state index >= 15 is 0 Å². The number of halogens is 1. The maximum Gasteiger partial charge on any atom is 0.311 e. The Balaban J connectivity index is 2.56. The second-order valence-electron chi connectivity index (χ2n) is 3.02. The van der Waals surface area contributed by atoms with E-state index in [-0.39, 0.29) is 29.9 Å². The van der Waals surface area contributed by atoms with Gasteiger partial charge in [0.15, 0.2) is 0 Å². The molecular formula is C9H12ClN3O4. The number of ether oxygens (including phenoxy) is 1. The second kappa shape index (κ2) is 7.00. The van der Waals surface area contributed by atoms with Crippen LogP contribution in [-0.4, -0.2) is 41.4 Å². The molecule has 94 valence electrons. The van der Waals surface area contributed by atoms with E-state index in [1.807, 2.05) is 0 Å². The van der Waals surface area contributed by atoms with Gasteiger partial charge in [0.25, 0.3) is 0 Å². The third-order valence-corrected chi connectivity index (χ3v) is 2.02. The van der Waals surface area contributed by atoms with E-state index in [1.165, 1.54) is 12.1 Å². The monoisotopic (exact) mass is 261 g/mol. The van der Waals surface area contributed by atoms with Crippen LogP contribution in [0.1, 0.15) is 0 Å². The Hall–Kier alpha value is -1.44. The predicted octanol–water partition coefficient (Wildman–Crippen LogP) is 1.06. The zero-order valence-corrected chi connectivity index (χ0v) is 9.68. The van der Waals surface area contributed by atoms with Gasteiger partial charge in [-0.05, 0) is 6.07 Å². The van der Waals surface area contributed by atoms with Crippen molar-refractivity contribution in [2.45, 2.75) is 0 Å². The molecule has 0 saturated heterocycles. The molecule has 0 bridgehead atoms. The first kappa shape index (κ1) is 13.6. The fourth-order valence-corrected chi connectivity index (χ4v) is 1.26. The largest absolute Gasteiger partial charge is 0.394 e. The molecule has 17 heavy (non-hydrogen) atoms. The Morgan fingerprint density at radius 2 is 2.29 bits per heavy atom. The Morgan fingerprint density at radius 3 is 2.94 bits per heavy atom. The van der Waals surface area contributed by atoms with Gasteiger partial charge in [-0.3, -0.25) is 10.1 Å². The highest BCUT2D eigenvalue weighted by Crippen LogP contribution is 2.23. The number of pyridine rings is 1. The van der Waals surface area contributed by atoms with Crippen LogP contribution in [-0.2, 0) is 4.74 Å². The smallest absolute Gasteiger partial charge is 0.311 e. The van der Waals surface area contributed by atoms with Gasteiger partial charge in [0.05, 0.1) is 24.7 Å². The minimum atomic E-state index is -0.541. The van der Waals surface area contributed by atoms with Gasteiger partial charge < -0.3 is 15.2 Å². The van der Waals surface area contributed by atoms with Crippen LogP contribution < -0.4 is 5.32 Å². The lowest BCUT2D eigenvalue weighted by Gasteiger charge is -2.06. The molecule has 0 aliphatic heterocycles. The average Bonchev–Trinajstić information content (AvgIpc) is 2.28. The lowest BCUT2D eigenvalue weighted by atomic mass is 10.4. The summed E-state index contributed by atoms with van der Waals surface area (Å²) in [6, 6.07) is 2.64. The van der Waals surface area contributed by atoms with E-state index in [0.29, 0.717) is 13.2 Å². The molecule has 0 radical (unpaired) electrons. The van der Waals surface area contributed by atoms with Crippen molar-refractivity contribution in [3.8, 4) is 0 Å². The molecule has 0 aliphatic rings. The molecular weight excluding hydrogens is 250 g/mol. The minimum Gasteiger partial charge on any atom is -0.394 e. The van der Waals surface area contributed by atoms with Crippen molar-refractivity contribution in [1.82, 2.24) is 4.98 Å². The number of hydrogen-bond donors (Lipinski definition) is 2. The van der Waals surface area contributed by atoms with Crippen molar-refractivity contribution in [2.75, 3.05) is 31.7 Å². The molecule has 0 aromatic carbocycles. The van der Waals surface area contributed by atoms with E-state index in [4.69, 9.17) is 21.4 Å². The topological polar surface area (TPSA) is 97.5 Å². The highest BCUT2D eigenvalue weighted by Gasteiger charge is 2.14. The van der Waals surface area contributed by atoms with E-state index in [0.717, 1.165) is 0 Å². The van der Waals surface area contributed by atoms with Gasteiger partial charge >= 0.3 is 5.69 Å². The molecule has 0 atom stereocenters. The van der Waals surface area contributed by atoms with Gasteiger partial charge in [-0.15, -0.1) is 0 Å². The summed E-state index contributed by atoms with van der Waals surface area (Å²) in [6.07, 6.45) is 0. The van der Waals surface area contributed by atoms with E-state index in [1.54, 1.807) is 0 Å². The third kappa shape index (κ3) is 4.51. The van der Waals surface area contributed by atoms with Crippen LogP contribution in [0.25, 0.3) is 0 Å². The summed E-state index contributed by atoms with van der Waals surface area (Å²) < 4.78 is 4.99. The van der Waals surface area contributed by atoms with Gasteiger partial charge in [0.2, 0.25) is 5.82 Å². The van der Waals surface area contributed by atoms with Crippen molar-refractivity contribution >= 4 is 23.1 Å². The Bertz CT molecular complexity index is 389. The van der Waals surface area contributed by atoms with E-state index < -0.39 is 4.92 Å². The van der Waals surface area contributed by atoms with Crippen LogP contribution in [0.4, 0.5) is 11.5 Å². The van der Waals surface area contributed by atoms with Crippen molar-refractivity contribution in [3.63, 3.8) is 0 Å². The number of anilines is 1. The van der Waals surface area contributed by atoms with Crippen LogP contribution in [0.3, 0.4) is 0 Å². The number of nitrogens with zero attached hydrogens (tertiary/aromatic N) is 2. The molecule has 1 rings (SSSR count). The molecule has 2 N–H and O–H groups in total. The number of aliphatic hydroxyl groups excluding tert-OH is 1. The average molecular weight is 262 g/mol. The molecule has 8 heteroatoms. The van der Waals surface area contributed by atoms with Crippen LogP contribution in [0.15, 0.2) is 12.1 Å². The molecule has 0 saturated carbocycles. The van der Waals surface area contributed by atoms with E-state index in [9.17, 15) is 10.1 Å². The first-order valence-corrected chi connectivity index (χ1v) is 5.26. The molecule has 1 heterocycles. The van der Waals surface area contributed by atoms with Crippen LogP contribution in [0, 0.1) is 10.1 Å². The van der Waals surface area contributed by atoms with Gasteiger partial charge in [-0.2, -0.15) is 0 Å². The highest BCUT2D eigenvalue weighted by atomic mass is 35.5. The molecule has 0 unspecified atom stereocenters. The van der Waals surface area contributed by atoms with Gasteiger partial charge in [0, 0.05) is 12.6 Å². The van der Waals surface area contributed by atoms with Gasteiger partial charge in [-0.25, -0.2) is 4.98 Å². The molecule has 7 nitrogen and oxygen atoms in total. The van der Waals surface area contributed by atoms with Crippen LogP contribution >= 0.6 is 11.6 Å². The van der Waals surface area contributed by atoms with Gasteiger partial charge in [0.1, 0.15) is 5.15 Å². The standard InChI is InChI=1S/C9H12ClN3O4/c10-8-2-1-7(13(15)16)9(12-8)11-3-5-17-6-4-14/h1-2,14H,3-6H2,(H,11,12). The lowest BCUT2D eigenvalue weighted by Crippen LogP contribution is -2.13. The first-order valence-electron chi connectivity index (χ1n) is 4.88. The maximum atomic E-state index is 10.7. The summed E-state index contributed by atoms with van der Waals surface area (Å²) in [4.78, 5) is 14.0. The lowest BCUT2D eigenvalue weighted by molar-refractivity contribution is -0.384. The number of hydrogen-bond acceptors (Lipinski definition) is 6. The molecule has 1 aromatic rings. The summed E-state index contributed by atoms with van der Waals surface area (Å²) in [5.74, 6) is 0.107. The summed E-state index contributed by atoms with van der Waals surface area (Å²) in [5, 5.41) is 22.1. The van der Waals surface area contributed by atoms with Crippen LogP contribution in [0.2, 0.25) is 5.15 Å². The summed E-state index contributed by atoms with van der Waals surface area (Å²) >= 11 is 5.65. The quantitative estimate of drug-likeness (QED) is 0.330. The summed E-state index contributed by atoms with van der Waals surface area (Å²) in [7, 11) is 0. The van der Waals surface area contributed by atoms with Crippen molar-refractivity contribution < 1.29 is 14.8 Å². The van der Waals surface area contributed by atoms with Crippen LogP contribution in [0.5, 0.6) is 0 Å². The fraction of sp³-hybridized carbons (Fsp3) is 0.444. The molecule has 0 spiro atoms. The SMILES string of the molecule is O=[N+]([O-])c1ccc(Cl)nc1NCCOCCO. The number of nitro groups is 1. The normalized spacial score (nSPS) is 10.2. The Kier molecular flexibility index (Phi) is 5.61. The minimum absolute atomic E-state index is 0.0600. The zero-order valence-electron chi connectivity index (χ0n) is 8.93. The predicted molar refractivity (Wildman–Crippen MR) is 62.3 cm³/mol. The molecule has 0 fully saturated rings. The molecule has 1 aromatic heterocycles. The summed E-state index contributed by atoms with van der Waals surface area (Å²) in [5.41, 5.74) is -0.142. The van der Waals surface area contributed by atoms with Gasteiger partial charge in [-0.1, -0.05) is 11.6 Å². The molecule has 0 aliphatic carbocycles. The number of rotatable bonds is 7. The van der Waals surface area contributed by atoms with Crippen molar-refractivity contribution in [1.29, 1.82) is 0 Å². The fourth-order valence-electron chi connectivity index (χ4n) is 1.11. The third-order valence-electron chi connectivity index (χ3n) is 1.81. The number of aromatic nitrogens is 1.